The SMILES string of the molecule is CC(C)Oc1cc(Br)cc(C(N)=O)c1. The molecule has 0 saturated heterocycles. The molecule has 0 unspecified atom stereocenters. The molecular weight excluding hydrogens is 246 g/mol. The van der Waals surface area contributed by atoms with Gasteiger partial charge in [0.05, 0.1) is 6.10 Å². The fourth-order valence-electron chi connectivity index (χ4n) is 1.05. The maximum Gasteiger partial charge on any atom is 0.248 e. The van der Waals surface area contributed by atoms with Crippen LogP contribution in [0.2, 0.25) is 0 Å². The van der Waals surface area contributed by atoms with Gasteiger partial charge in [-0.25, -0.2) is 0 Å². The minimum atomic E-state index is -0.458. The summed E-state index contributed by atoms with van der Waals surface area (Å²) in [6, 6.07) is 5.09. The Labute approximate surface area is 91.4 Å². The molecule has 0 aliphatic carbocycles. The Balaban J connectivity index is 3.01. The fourth-order valence-corrected chi connectivity index (χ4v) is 1.52. The first kappa shape index (κ1) is 11.0. The summed E-state index contributed by atoms with van der Waals surface area (Å²) in [4.78, 5) is 10.9. The Kier molecular flexibility index (Phi) is 3.52. The standard InChI is InChI=1S/C10H12BrNO2/c1-6(2)14-9-4-7(10(12)13)3-8(11)5-9/h3-6H,1-2H3,(H2,12,13). The van der Waals surface area contributed by atoms with Gasteiger partial charge in [0.15, 0.2) is 0 Å². The number of hydrogen-bond acceptors (Lipinski definition) is 2. The van der Waals surface area contributed by atoms with Gasteiger partial charge in [0.25, 0.3) is 0 Å². The molecule has 3 nitrogen and oxygen atoms in total. The van der Waals surface area contributed by atoms with E-state index in [1.165, 1.54) is 0 Å². The molecule has 4 heteroatoms. The maximum atomic E-state index is 10.9. The molecule has 1 aromatic carbocycles. The highest BCUT2D eigenvalue weighted by Gasteiger charge is 2.05. The van der Waals surface area contributed by atoms with Gasteiger partial charge in [-0.2, -0.15) is 0 Å². The van der Waals surface area contributed by atoms with E-state index in [0.717, 1.165) is 4.47 Å². The Bertz CT molecular complexity index is 350. The average molecular weight is 258 g/mol. The number of hydrogen-bond donors (Lipinski definition) is 1. The predicted molar refractivity (Wildman–Crippen MR) is 58.4 cm³/mol. The first-order valence-corrected chi connectivity index (χ1v) is 5.05. The normalized spacial score (nSPS) is 10.3. The van der Waals surface area contributed by atoms with Crippen molar-refractivity contribution in [3.63, 3.8) is 0 Å². The third-order valence-electron chi connectivity index (χ3n) is 1.53. The maximum absolute atomic E-state index is 10.9. The van der Waals surface area contributed by atoms with Crippen molar-refractivity contribution in [3.8, 4) is 5.75 Å². The van der Waals surface area contributed by atoms with Gasteiger partial charge in [0.2, 0.25) is 5.91 Å². The highest BCUT2D eigenvalue weighted by Crippen LogP contribution is 2.22. The summed E-state index contributed by atoms with van der Waals surface area (Å²) in [6.07, 6.45) is 0.0741. The van der Waals surface area contributed by atoms with Gasteiger partial charge >= 0.3 is 0 Å². The number of rotatable bonds is 3. The lowest BCUT2D eigenvalue weighted by Gasteiger charge is -2.10. The third-order valence-corrected chi connectivity index (χ3v) is 1.99. The van der Waals surface area contributed by atoms with Crippen LogP contribution >= 0.6 is 15.9 Å². The van der Waals surface area contributed by atoms with Gasteiger partial charge in [0, 0.05) is 10.0 Å². The second-order valence-electron chi connectivity index (χ2n) is 3.21. The second kappa shape index (κ2) is 4.46. The van der Waals surface area contributed by atoms with Crippen LogP contribution in [0, 0.1) is 0 Å². The average Bonchev–Trinajstić information content (AvgIpc) is 2.01. The van der Waals surface area contributed by atoms with Crippen molar-refractivity contribution in [2.75, 3.05) is 0 Å². The van der Waals surface area contributed by atoms with Crippen LogP contribution in [0.15, 0.2) is 22.7 Å². The second-order valence-corrected chi connectivity index (χ2v) is 4.12. The number of nitrogens with two attached hydrogens (primary N) is 1. The van der Waals surface area contributed by atoms with Crippen LogP contribution in [0.25, 0.3) is 0 Å². The van der Waals surface area contributed by atoms with Crippen molar-refractivity contribution in [2.45, 2.75) is 20.0 Å². The van der Waals surface area contributed by atoms with E-state index < -0.39 is 5.91 Å². The quantitative estimate of drug-likeness (QED) is 0.904. The van der Waals surface area contributed by atoms with E-state index in [9.17, 15) is 4.79 Å². The Morgan fingerprint density at radius 3 is 2.57 bits per heavy atom. The van der Waals surface area contributed by atoms with Crippen molar-refractivity contribution in [1.82, 2.24) is 0 Å². The molecular formula is C10H12BrNO2. The number of amides is 1. The first-order valence-electron chi connectivity index (χ1n) is 4.26. The van der Waals surface area contributed by atoms with Gasteiger partial charge in [-0.1, -0.05) is 15.9 Å². The lowest BCUT2D eigenvalue weighted by Crippen LogP contribution is -2.12. The van der Waals surface area contributed by atoms with Gasteiger partial charge < -0.3 is 10.5 Å². The molecule has 1 aromatic rings. The van der Waals surface area contributed by atoms with Crippen LogP contribution in [0.1, 0.15) is 24.2 Å². The van der Waals surface area contributed by atoms with Crippen molar-refractivity contribution < 1.29 is 9.53 Å². The number of halogens is 1. The van der Waals surface area contributed by atoms with E-state index in [4.69, 9.17) is 10.5 Å². The molecule has 0 atom stereocenters. The van der Waals surface area contributed by atoms with Gasteiger partial charge in [0.1, 0.15) is 5.75 Å². The molecule has 0 aliphatic rings. The van der Waals surface area contributed by atoms with E-state index in [2.05, 4.69) is 15.9 Å². The van der Waals surface area contributed by atoms with Crippen LogP contribution in [0.3, 0.4) is 0 Å². The highest BCUT2D eigenvalue weighted by molar-refractivity contribution is 9.10. The topological polar surface area (TPSA) is 52.3 Å². The van der Waals surface area contributed by atoms with E-state index in [1.807, 2.05) is 13.8 Å². The van der Waals surface area contributed by atoms with Crippen molar-refractivity contribution in [3.05, 3.63) is 28.2 Å². The van der Waals surface area contributed by atoms with E-state index in [1.54, 1.807) is 18.2 Å². The molecule has 0 saturated carbocycles. The van der Waals surface area contributed by atoms with Crippen LogP contribution in [-0.4, -0.2) is 12.0 Å². The van der Waals surface area contributed by atoms with E-state index >= 15 is 0 Å². The van der Waals surface area contributed by atoms with Crippen LogP contribution in [0.4, 0.5) is 0 Å². The Hall–Kier alpha value is -1.03. The lowest BCUT2D eigenvalue weighted by atomic mass is 10.2. The molecule has 0 bridgehead atoms. The largest absolute Gasteiger partial charge is 0.491 e. The molecule has 1 rings (SSSR count). The smallest absolute Gasteiger partial charge is 0.248 e. The van der Waals surface area contributed by atoms with Crippen molar-refractivity contribution in [1.29, 1.82) is 0 Å². The van der Waals surface area contributed by atoms with E-state index in [0.29, 0.717) is 11.3 Å². The molecule has 0 heterocycles. The summed E-state index contributed by atoms with van der Waals surface area (Å²) in [7, 11) is 0. The summed E-state index contributed by atoms with van der Waals surface area (Å²) in [5, 5.41) is 0. The number of carbonyl (C=O) groups excluding carboxylic acids is 1. The molecule has 0 aliphatic heterocycles. The number of benzene rings is 1. The number of ether oxygens (including phenoxy) is 1. The third kappa shape index (κ3) is 3.03. The summed E-state index contributed by atoms with van der Waals surface area (Å²) >= 11 is 3.28. The highest BCUT2D eigenvalue weighted by atomic mass is 79.9. The molecule has 0 spiro atoms. The summed E-state index contributed by atoms with van der Waals surface area (Å²) in [5.74, 6) is 0.183. The van der Waals surface area contributed by atoms with E-state index in [-0.39, 0.29) is 6.10 Å². The predicted octanol–water partition coefficient (Wildman–Crippen LogP) is 2.34. The zero-order chi connectivity index (χ0) is 10.7. The monoisotopic (exact) mass is 257 g/mol. The van der Waals surface area contributed by atoms with Gasteiger partial charge in [-0.05, 0) is 32.0 Å². The molecule has 1 amide bonds. The molecule has 0 radical (unpaired) electrons. The molecule has 0 aromatic heterocycles. The minimum absolute atomic E-state index is 0.0741. The van der Waals surface area contributed by atoms with Crippen LogP contribution in [0.5, 0.6) is 5.75 Å². The molecule has 76 valence electrons. The zero-order valence-electron chi connectivity index (χ0n) is 8.08. The van der Waals surface area contributed by atoms with Crippen molar-refractivity contribution in [2.24, 2.45) is 5.73 Å². The number of primary amides is 1. The van der Waals surface area contributed by atoms with Crippen LogP contribution in [-0.2, 0) is 0 Å². The Morgan fingerprint density at radius 1 is 1.43 bits per heavy atom. The van der Waals surface area contributed by atoms with Crippen LogP contribution < -0.4 is 10.5 Å². The fraction of sp³-hybridized carbons (Fsp3) is 0.300. The summed E-state index contributed by atoms with van der Waals surface area (Å²) in [6.45, 7) is 3.84. The van der Waals surface area contributed by atoms with Crippen molar-refractivity contribution >= 4 is 21.8 Å². The molecule has 2 N–H and O–H groups in total. The molecule has 0 fully saturated rings. The lowest BCUT2D eigenvalue weighted by molar-refractivity contribution is 0.0999. The summed E-state index contributed by atoms with van der Waals surface area (Å²) < 4.78 is 6.23. The summed E-state index contributed by atoms with van der Waals surface area (Å²) in [5.41, 5.74) is 5.61. The first-order chi connectivity index (χ1) is 6.49. The Morgan fingerprint density at radius 2 is 2.07 bits per heavy atom. The number of carbonyl (C=O) groups is 1. The minimum Gasteiger partial charge on any atom is -0.491 e. The zero-order valence-corrected chi connectivity index (χ0v) is 9.67. The van der Waals surface area contributed by atoms with Gasteiger partial charge in [-0.3, -0.25) is 4.79 Å². The molecule has 14 heavy (non-hydrogen) atoms. The van der Waals surface area contributed by atoms with Gasteiger partial charge in [-0.15, -0.1) is 0 Å².